The van der Waals surface area contributed by atoms with E-state index >= 15 is 0 Å². The molecule has 0 amide bonds. The maximum Gasteiger partial charge on any atom is 0.149 e. The van der Waals surface area contributed by atoms with Crippen molar-refractivity contribution in [3.8, 4) is 0 Å². The van der Waals surface area contributed by atoms with Gasteiger partial charge in [0.2, 0.25) is 0 Å². The molecule has 0 heterocycles. The van der Waals surface area contributed by atoms with E-state index in [1.54, 1.807) is 12.0 Å². The van der Waals surface area contributed by atoms with Crippen LogP contribution in [0.2, 0.25) is 0 Å². The van der Waals surface area contributed by atoms with Crippen LogP contribution in [0.3, 0.4) is 0 Å². The first kappa shape index (κ1) is 16.9. The second-order valence-corrected chi connectivity index (χ2v) is 4.66. The minimum absolute atomic E-state index is 0.0313. The fraction of sp³-hybridized carbons (Fsp3) is 0.600. The smallest absolute Gasteiger partial charge is 0.149 e. The number of halogens is 2. The van der Waals surface area contributed by atoms with Gasteiger partial charge in [0.1, 0.15) is 17.3 Å². The predicted octanol–water partition coefficient (Wildman–Crippen LogP) is 2.94. The van der Waals surface area contributed by atoms with Crippen molar-refractivity contribution in [3.63, 3.8) is 0 Å². The van der Waals surface area contributed by atoms with Crippen molar-refractivity contribution in [2.75, 3.05) is 38.3 Å². The van der Waals surface area contributed by atoms with E-state index < -0.39 is 11.6 Å². The Labute approximate surface area is 119 Å². The lowest BCUT2D eigenvalue weighted by Gasteiger charge is -2.24. The van der Waals surface area contributed by atoms with E-state index in [2.05, 4.69) is 5.32 Å². The average Bonchev–Trinajstić information content (AvgIpc) is 2.42. The summed E-state index contributed by atoms with van der Waals surface area (Å²) >= 11 is 0. The van der Waals surface area contributed by atoms with Crippen molar-refractivity contribution < 1.29 is 13.5 Å². The Bertz CT molecular complexity index is 390. The number of benzene rings is 1. The van der Waals surface area contributed by atoms with Crippen molar-refractivity contribution in [1.29, 1.82) is 0 Å². The molecule has 0 atom stereocenters. The van der Waals surface area contributed by atoms with Gasteiger partial charge in [-0.1, -0.05) is 6.92 Å². The van der Waals surface area contributed by atoms with Gasteiger partial charge in [-0.05, 0) is 37.6 Å². The molecule has 0 spiro atoms. The molecule has 0 bridgehead atoms. The lowest BCUT2D eigenvalue weighted by Crippen LogP contribution is -2.29. The van der Waals surface area contributed by atoms with E-state index in [0.717, 1.165) is 13.0 Å². The fourth-order valence-electron chi connectivity index (χ4n) is 2.06. The summed E-state index contributed by atoms with van der Waals surface area (Å²) in [5.41, 5.74) is 0.656. The van der Waals surface area contributed by atoms with Gasteiger partial charge in [-0.3, -0.25) is 0 Å². The monoisotopic (exact) mass is 286 g/mol. The highest BCUT2D eigenvalue weighted by molar-refractivity contribution is 5.50. The fourth-order valence-corrected chi connectivity index (χ4v) is 2.06. The molecule has 0 unspecified atom stereocenters. The van der Waals surface area contributed by atoms with Crippen molar-refractivity contribution in [2.45, 2.75) is 26.8 Å². The summed E-state index contributed by atoms with van der Waals surface area (Å²) in [4.78, 5) is 1.65. The number of nitrogens with one attached hydrogen (secondary N) is 1. The number of anilines is 1. The van der Waals surface area contributed by atoms with E-state index in [4.69, 9.17) is 4.74 Å². The van der Waals surface area contributed by atoms with Gasteiger partial charge in [0, 0.05) is 26.7 Å². The van der Waals surface area contributed by atoms with Crippen molar-refractivity contribution >= 4 is 5.69 Å². The molecule has 0 aliphatic carbocycles. The van der Waals surface area contributed by atoms with Crippen LogP contribution >= 0.6 is 0 Å². The maximum absolute atomic E-state index is 14.1. The second-order valence-electron chi connectivity index (χ2n) is 4.66. The zero-order valence-corrected chi connectivity index (χ0v) is 12.5. The van der Waals surface area contributed by atoms with Gasteiger partial charge in [0.15, 0.2) is 0 Å². The lowest BCUT2D eigenvalue weighted by molar-refractivity contribution is 0.205. The maximum atomic E-state index is 14.1. The zero-order valence-electron chi connectivity index (χ0n) is 12.5. The third-order valence-electron chi connectivity index (χ3n) is 3.10. The van der Waals surface area contributed by atoms with Crippen molar-refractivity contribution in [3.05, 3.63) is 29.3 Å². The summed E-state index contributed by atoms with van der Waals surface area (Å²) in [6, 6.07) is 2.80. The van der Waals surface area contributed by atoms with Crippen LogP contribution in [0.5, 0.6) is 0 Å². The van der Waals surface area contributed by atoms with E-state index in [1.165, 1.54) is 12.1 Å². The molecule has 0 radical (unpaired) electrons. The second kappa shape index (κ2) is 8.87. The summed E-state index contributed by atoms with van der Waals surface area (Å²) in [5.74, 6) is -1.03. The third-order valence-corrected chi connectivity index (χ3v) is 3.10. The minimum atomic E-state index is -0.517. The van der Waals surface area contributed by atoms with E-state index in [-0.39, 0.29) is 5.69 Å². The lowest BCUT2D eigenvalue weighted by atomic mass is 10.1. The molecule has 20 heavy (non-hydrogen) atoms. The third kappa shape index (κ3) is 4.72. The normalized spacial score (nSPS) is 10.8. The first-order valence-electron chi connectivity index (χ1n) is 7.06. The summed E-state index contributed by atoms with van der Waals surface area (Å²) in [7, 11) is 1.57. The van der Waals surface area contributed by atoms with Crippen LogP contribution in [-0.2, 0) is 11.3 Å². The van der Waals surface area contributed by atoms with Crippen LogP contribution in [0.15, 0.2) is 12.1 Å². The molecule has 1 aromatic rings. The van der Waals surface area contributed by atoms with E-state index in [1.807, 2.05) is 13.8 Å². The molecule has 3 nitrogen and oxygen atoms in total. The number of hydrogen-bond donors (Lipinski definition) is 1. The molecule has 0 aliphatic rings. The molecular formula is C15H24F2N2O. The Morgan fingerprint density at radius 1 is 1.20 bits per heavy atom. The summed E-state index contributed by atoms with van der Waals surface area (Å²) in [6.07, 6.45) is 0.990. The molecule has 0 aromatic heterocycles. The Hall–Kier alpha value is -1.20. The van der Waals surface area contributed by atoms with Crippen molar-refractivity contribution in [1.82, 2.24) is 5.32 Å². The molecule has 114 valence electrons. The molecule has 0 saturated carbocycles. The van der Waals surface area contributed by atoms with Crippen LogP contribution < -0.4 is 10.2 Å². The summed E-state index contributed by atoms with van der Waals surface area (Å²) < 4.78 is 33.2. The van der Waals surface area contributed by atoms with Gasteiger partial charge in [-0.15, -0.1) is 0 Å². The van der Waals surface area contributed by atoms with Crippen LogP contribution in [0.1, 0.15) is 25.8 Å². The Balaban J connectivity index is 2.86. The van der Waals surface area contributed by atoms with Gasteiger partial charge in [-0.25, -0.2) is 8.78 Å². The topological polar surface area (TPSA) is 24.5 Å². The first-order valence-corrected chi connectivity index (χ1v) is 7.06. The SMILES string of the molecule is CCCNCc1cc(F)c(N(CC)CCOC)c(F)c1. The molecule has 5 heteroatoms. The molecule has 1 rings (SSSR count). The number of hydrogen-bond acceptors (Lipinski definition) is 3. The van der Waals surface area contributed by atoms with E-state index in [9.17, 15) is 8.78 Å². The van der Waals surface area contributed by atoms with Crippen LogP contribution in [-0.4, -0.2) is 33.4 Å². The van der Waals surface area contributed by atoms with E-state index in [0.29, 0.717) is 31.8 Å². The molecule has 1 aromatic carbocycles. The zero-order chi connectivity index (χ0) is 15.0. The van der Waals surface area contributed by atoms with Crippen LogP contribution in [0.25, 0.3) is 0 Å². The van der Waals surface area contributed by atoms with Gasteiger partial charge in [0.25, 0.3) is 0 Å². The van der Waals surface area contributed by atoms with Gasteiger partial charge in [0.05, 0.1) is 6.61 Å². The molecule has 0 fully saturated rings. The molecule has 0 saturated heterocycles. The highest BCUT2D eigenvalue weighted by Crippen LogP contribution is 2.25. The van der Waals surface area contributed by atoms with Gasteiger partial charge < -0.3 is 15.0 Å². The van der Waals surface area contributed by atoms with Crippen LogP contribution in [0.4, 0.5) is 14.5 Å². The van der Waals surface area contributed by atoms with Gasteiger partial charge >= 0.3 is 0 Å². The van der Waals surface area contributed by atoms with Crippen LogP contribution in [0, 0.1) is 11.6 Å². The number of rotatable bonds is 9. The number of likely N-dealkylation sites (N-methyl/N-ethyl adjacent to an activating group) is 1. The number of ether oxygens (including phenoxy) is 1. The predicted molar refractivity (Wildman–Crippen MR) is 78.1 cm³/mol. The Kier molecular flexibility index (Phi) is 7.47. The Morgan fingerprint density at radius 3 is 2.35 bits per heavy atom. The largest absolute Gasteiger partial charge is 0.383 e. The summed E-state index contributed by atoms with van der Waals surface area (Å²) in [6.45, 7) is 6.66. The molecular weight excluding hydrogens is 262 g/mol. The number of methoxy groups -OCH3 is 1. The van der Waals surface area contributed by atoms with Crippen molar-refractivity contribution in [2.24, 2.45) is 0 Å². The summed E-state index contributed by atoms with van der Waals surface area (Å²) in [5, 5.41) is 3.14. The Morgan fingerprint density at radius 2 is 1.85 bits per heavy atom. The molecule has 0 aliphatic heterocycles. The first-order chi connectivity index (χ1) is 9.63. The average molecular weight is 286 g/mol. The number of nitrogens with zero attached hydrogens (tertiary/aromatic N) is 1. The van der Waals surface area contributed by atoms with Gasteiger partial charge in [-0.2, -0.15) is 0 Å². The molecule has 1 N–H and O–H groups in total. The standard InChI is InChI=1S/C15H24F2N2O/c1-4-6-18-11-12-9-13(16)15(14(17)10-12)19(5-2)7-8-20-3/h9-10,18H,4-8,11H2,1-3H3. The highest BCUT2D eigenvalue weighted by Gasteiger charge is 2.16. The highest BCUT2D eigenvalue weighted by atomic mass is 19.1. The quantitative estimate of drug-likeness (QED) is 0.706. The minimum Gasteiger partial charge on any atom is -0.383 e.